The normalized spacial score (nSPS) is 10.8. The quantitative estimate of drug-likeness (QED) is 0.410. The molecule has 0 unspecified atom stereocenters. The van der Waals surface area contributed by atoms with Crippen molar-refractivity contribution in [3.05, 3.63) is 94.6 Å². The molecule has 0 spiro atoms. The summed E-state index contributed by atoms with van der Waals surface area (Å²) < 4.78 is 20.3. The van der Waals surface area contributed by atoms with Gasteiger partial charge in [-0.05, 0) is 42.5 Å². The largest absolute Gasteiger partial charge is 0.380 e. The van der Waals surface area contributed by atoms with Crippen LogP contribution in [0.15, 0.2) is 72.8 Å². The lowest BCUT2D eigenvalue weighted by atomic mass is 10.1. The van der Waals surface area contributed by atoms with Crippen molar-refractivity contribution in [2.75, 3.05) is 17.7 Å². The minimum Gasteiger partial charge on any atom is -0.380 e. The Balaban J connectivity index is 1.57. The molecule has 0 bridgehead atoms. The first-order chi connectivity index (χ1) is 15.1. The molecule has 0 saturated carbocycles. The van der Waals surface area contributed by atoms with Crippen molar-refractivity contribution in [2.45, 2.75) is 6.61 Å². The first-order valence-electron chi connectivity index (χ1n) is 9.53. The van der Waals surface area contributed by atoms with Gasteiger partial charge in [-0.1, -0.05) is 30.3 Å². The summed E-state index contributed by atoms with van der Waals surface area (Å²) in [5.41, 5.74) is 2.11. The number of amides is 2. The highest BCUT2D eigenvalue weighted by molar-refractivity contribution is 7.21. The number of halogens is 1. The second-order valence-electron chi connectivity index (χ2n) is 6.81. The van der Waals surface area contributed by atoms with E-state index in [1.807, 2.05) is 6.07 Å². The van der Waals surface area contributed by atoms with Gasteiger partial charge in [0.1, 0.15) is 5.82 Å². The van der Waals surface area contributed by atoms with Crippen LogP contribution in [0.25, 0.3) is 10.1 Å². The first kappa shape index (κ1) is 20.7. The molecule has 4 aromatic rings. The van der Waals surface area contributed by atoms with Crippen molar-refractivity contribution < 1.29 is 18.7 Å². The highest BCUT2D eigenvalue weighted by atomic mass is 32.1. The summed E-state index contributed by atoms with van der Waals surface area (Å²) >= 11 is 1.22. The van der Waals surface area contributed by atoms with Crippen LogP contribution >= 0.6 is 11.3 Å². The second-order valence-corrected chi connectivity index (χ2v) is 7.86. The summed E-state index contributed by atoms with van der Waals surface area (Å²) in [6.45, 7) is 0.122. The van der Waals surface area contributed by atoms with E-state index in [0.717, 1.165) is 0 Å². The number of rotatable bonds is 6. The Bertz CT molecular complexity index is 1250. The molecule has 4 rings (SSSR count). The molecular formula is C24H19FN2O3S. The molecule has 3 aromatic carbocycles. The van der Waals surface area contributed by atoms with Crippen molar-refractivity contribution in [1.29, 1.82) is 0 Å². The summed E-state index contributed by atoms with van der Waals surface area (Å²) in [7, 11) is 1.50. The fourth-order valence-corrected chi connectivity index (χ4v) is 4.41. The molecule has 2 amide bonds. The lowest BCUT2D eigenvalue weighted by Crippen LogP contribution is -2.14. The van der Waals surface area contributed by atoms with E-state index in [4.69, 9.17) is 4.74 Å². The van der Waals surface area contributed by atoms with Crippen LogP contribution < -0.4 is 10.6 Å². The van der Waals surface area contributed by atoms with Gasteiger partial charge in [-0.25, -0.2) is 4.39 Å². The molecule has 0 atom stereocenters. The van der Waals surface area contributed by atoms with Crippen LogP contribution in [0.5, 0.6) is 0 Å². The zero-order valence-electron chi connectivity index (χ0n) is 16.6. The van der Waals surface area contributed by atoms with Crippen molar-refractivity contribution in [2.24, 2.45) is 0 Å². The molecule has 0 aliphatic carbocycles. The van der Waals surface area contributed by atoms with Crippen molar-refractivity contribution in [3.63, 3.8) is 0 Å². The van der Waals surface area contributed by atoms with E-state index in [1.165, 1.54) is 24.5 Å². The summed E-state index contributed by atoms with van der Waals surface area (Å²) in [4.78, 5) is 25.7. The number of hydrogen-bond acceptors (Lipinski definition) is 4. The number of anilines is 2. The van der Waals surface area contributed by atoms with E-state index >= 15 is 0 Å². The maximum atomic E-state index is 14.4. The SMILES string of the molecule is COCc1c(C(=O)Nc2cccc(NC(=O)c3ccccc3)c2)sc2cccc(F)c12. The molecule has 2 N–H and O–H groups in total. The molecule has 156 valence electrons. The van der Waals surface area contributed by atoms with Gasteiger partial charge in [-0.2, -0.15) is 0 Å². The Hall–Kier alpha value is -3.55. The molecule has 1 aromatic heterocycles. The molecular weight excluding hydrogens is 415 g/mol. The minimum atomic E-state index is -0.384. The van der Waals surface area contributed by atoms with Gasteiger partial charge in [0.15, 0.2) is 0 Å². The van der Waals surface area contributed by atoms with Crippen molar-refractivity contribution in [3.8, 4) is 0 Å². The van der Waals surface area contributed by atoms with Gasteiger partial charge in [0.2, 0.25) is 0 Å². The topological polar surface area (TPSA) is 67.4 Å². The molecule has 0 aliphatic heterocycles. The predicted molar refractivity (Wildman–Crippen MR) is 121 cm³/mol. The van der Waals surface area contributed by atoms with Crippen molar-refractivity contribution in [1.82, 2.24) is 0 Å². The third kappa shape index (κ3) is 4.47. The maximum absolute atomic E-state index is 14.4. The van der Waals surface area contributed by atoms with Gasteiger partial charge in [-0.3, -0.25) is 9.59 Å². The van der Waals surface area contributed by atoms with Crippen LogP contribution in [0.1, 0.15) is 25.6 Å². The number of thiophene rings is 1. The van der Waals surface area contributed by atoms with E-state index in [2.05, 4.69) is 10.6 Å². The maximum Gasteiger partial charge on any atom is 0.266 e. The fourth-order valence-electron chi connectivity index (χ4n) is 3.29. The first-order valence-corrected chi connectivity index (χ1v) is 10.3. The van der Waals surface area contributed by atoms with Crippen LogP contribution in [-0.2, 0) is 11.3 Å². The number of hydrogen-bond donors (Lipinski definition) is 2. The highest BCUT2D eigenvalue weighted by Crippen LogP contribution is 2.34. The number of fused-ring (bicyclic) bond motifs is 1. The van der Waals surface area contributed by atoms with Crippen LogP contribution in [0, 0.1) is 5.82 Å². The zero-order valence-corrected chi connectivity index (χ0v) is 17.5. The Morgan fingerprint density at radius 3 is 2.29 bits per heavy atom. The number of methoxy groups -OCH3 is 1. The Morgan fingerprint density at radius 2 is 1.58 bits per heavy atom. The van der Waals surface area contributed by atoms with E-state index < -0.39 is 0 Å². The van der Waals surface area contributed by atoms with Crippen molar-refractivity contribution >= 4 is 44.6 Å². The third-order valence-electron chi connectivity index (χ3n) is 4.67. The zero-order chi connectivity index (χ0) is 21.8. The lowest BCUT2D eigenvalue weighted by Gasteiger charge is -2.09. The number of nitrogens with one attached hydrogen (secondary N) is 2. The van der Waals surface area contributed by atoms with Gasteiger partial charge in [0.25, 0.3) is 11.8 Å². The van der Waals surface area contributed by atoms with Crippen LogP contribution in [-0.4, -0.2) is 18.9 Å². The number of carbonyl (C=O) groups is 2. The van der Waals surface area contributed by atoms with Gasteiger partial charge in [0.05, 0.1) is 11.5 Å². The van der Waals surface area contributed by atoms with Gasteiger partial charge >= 0.3 is 0 Å². The van der Waals surface area contributed by atoms with E-state index in [9.17, 15) is 14.0 Å². The average Bonchev–Trinajstić information content (AvgIpc) is 3.15. The van der Waals surface area contributed by atoms with Crippen LogP contribution in [0.4, 0.5) is 15.8 Å². The summed E-state index contributed by atoms with van der Waals surface area (Å²) in [5, 5.41) is 6.05. The smallest absolute Gasteiger partial charge is 0.266 e. The fraction of sp³-hybridized carbons (Fsp3) is 0.0833. The van der Waals surface area contributed by atoms with Gasteiger partial charge in [0, 0.05) is 39.7 Å². The van der Waals surface area contributed by atoms with E-state index in [1.54, 1.807) is 60.7 Å². The molecule has 0 fully saturated rings. The number of carbonyl (C=O) groups excluding carboxylic acids is 2. The van der Waals surface area contributed by atoms with Gasteiger partial charge < -0.3 is 15.4 Å². The molecule has 5 nitrogen and oxygen atoms in total. The average molecular weight is 434 g/mol. The van der Waals surface area contributed by atoms with Crippen LogP contribution in [0.3, 0.4) is 0 Å². The highest BCUT2D eigenvalue weighted by Gasteiger charge is 2.21. The Morgan fingerprint density at radius 1 is 0.903 bits per heavy atom. The molecule has 1 heterocycles. The minimum absolute atomic E-state index is 0.122. The Kier molecular flexibility index (Phi) is 6.06. The summed E-state index contributed by atoms with van der Waals surface area (Å²) in [6.07, 6.45) is 0. The summed E-state index contributed by atoms with van der Waals surface area (Å²) in [6, 6.07) is 20.5. The van der Waals surface area contributed by atoms with E-state index in [0.29, 0.717) is 37.5 Å². The lowest BCUT2D eigenvalue weighted by molar-refractivity contribution is 0.101. The second kappa shape index (κ2) is 9.07. The standard InChI is InChI=1S/C24H19FN2O3S/c1-30-14-18-21-19(25)11-6-12-20(21)31-22(18)24(29)27-17-10-5-9-16(13-17)26-23(28)15-7-3-2-4-8-15/h2-13H,14H2,1H3,(H,26,28)(H,27,29). The summed E-state index contributed by atoms with van der Waals surface area (Å²) in [5.74, 6) is -0.990. The molecule has 0 radical (unpaired) electrons. The van der Waals surface area contributed by atoms with Gasteiger partial charge in [-0.15, -0.1) is 11.3 Å². The van der Waals surface area contributed by atoms with E-state index in [-0.39, 0.29) is 24.2 Å². The predicted octanol–water partition coefficient (Wildman–Crippen LogP) is 5.69. The molecule has 7 heteroatoms. The number of benzene rings is 3. The molecule has 0 aliphatic rings. The monoisotopic (exact) mass is 434 g/mol. The number of ether oxygens (including phenoxy) is 1. The third-order valence-corrected chi connectivity index (χ3v) is 5.87. The van der Waals surface area contributed by atoms with Crippen LogP contribution in [0.2, 0.25) is 0 Å². The Labute approximate surface area is 182 Å². The molecule has 0 saturated heterocycles. The molecule has 31 heavy (non-hydrogen) atoms.